The third kappa shape index (κ3) is 2.09. The molecule has 0 fully saturated rings. The zero-order valence-electron chi connectivity index (χ0n) is 8.74. The van der Waals surface area contributed by atoms with Gasteiger partial charge in [-0.15, -0.1) is 11.8 Å². The number of fused-ring (bicyclic) bond motifs is 1. The number of benzene rings is 1. The second-order valence-corrected chi connectivity index (χ2v) is 4.63. The fraction of sp³-hybridized carbons (Fsp3) is 0.364. The van der Waals surface area contributed by atoms with E-state index >= 15 is 0 Å². The Hall–Kier alpha value is -1.16. The summed E-state index contributed by atoms with van der Waals surface area (Å²) in [6.07, 6.45) is 0. The molecule has 2 rings (SSSR count). The fourth-order valence-corrected chi connectivity index (χ4v) is 2.42. The van der Waals surface area contributed by atoms with E-state index < -0.39 is 0 Å². The number of amides is 1. The Morgan fingerprint density at radius 2 is 2.33 bits per heavy atom. The van der Waals surface area contributed by atoms with Crippen LogP contribution >= 0.6 is 11.8 Å². The molecule has 0 saturated carbocycles. The van der Waals surface area contributed by atoms with Crippen molar-refractivity contribution in [1.29, 1.82) is 0 Å². The highest BCUT2D eigenvalue weighted by Crippen LogP contribution is 2.34. The van der Waals surface area contributed by atoms with E-state index in [9.17, 15) is 4.79 Å². The number of carbonyl (C=O) groups excluding carboxylic acids is 1. The SMILES string of the molecule is COc1ccc2c(c1)NC(=O)C(C)CS2. The van der Waals surface area contributed by atoms with Crippen molar-refractivity contribution >= 4 is 23.4 Å². The van der Waals surface area contributed by atoms with E-state index in [1.54, 1.807) is 18.9 Å². The summed E-state index contributed by atoms with van der Waals surface area (Å²) in [5, 5.41) is 2.91. The second kappa shape index (κ2) is 4.14. The molecular weight excluding hydrogens is 210 g/mol. The van der Waals surface area contributed by atoms with Gasteiger partial charge < -0.3 is 10.1 Å². The van der Waals surface area contributed by atoms with E-state index in [2.05, 4.69) is 5.32 Å². The molecule has 0 aliphatic carbocycles. The summed E-state index contributed by atoms with van der Waals surface area (Å²) in [5.41, 5.74) is 0.855. The number of ether oxygens (including phenoxy) is 1. The summed E-state index contributed by atoms with van der Waals surface area (Å²) in [5.74, 6) is 1.72. The highest BCUT2D eigenvalue weighted by atomic mass is 32.2. The maximum Gasteiger partial charge on any atom is 0.228 e. The lowest BCUT2D eigenvalue weighted by molar-refractivity contribution is -0.118. The summed E-state index contributed by atoms with van der Waals surface area (Å²) in [7, 11) is 1.62. The van der Waals surface area contributed by atoms with Gasteiger partial charge >= 0.3 is 0 Å². The lowest BCUT2D eigenvalue weighted by atomic mass is 10.2. The fourth-order valence-electron chi connectivity index (χ4n) is 1.41. The first-order valence-corrected chi connectivity index (χ1v) is 5.81. The molecule has 0 radical (unpaired) electrons. The van der Waals surface area contributed by atoms with Crippen LogP contribution in [0, 0.1) is 5.92 Å². The first kappa shape index (κ1) is 10.4. The lowest BCUT2D eigenvalue weighted by Crippen LogP contribution is -2.20. The smallest absolute Gasteiger partial charge is 0.228 e. The Kier molecular flexibility index (Phi) is 2.86. The van der Waals surface area contributed by atoms with Crippen LogP contribution in [0.25, 0.3) is 0 Å². The van der Waals surface area contributed by atoms with Crippen LogP contribution in [0.1, 0.15) is 6.92 Å². The first-order valence-electron chi connectivity index (χ1n) is 4.82. The maximum atomic E-state index is 11.6. The average molecular weight is 223 g/mol. The Labute approximate surface area is 93.2 Å². The van der Waals surface area contributed by atoms with E-state index in [-0.39, 0.29) is 11.8 Å². The van der Waals surface area contributed by atoms with Gasteiger partial charge in [-0.05, 0) is 12.1 Å². The predicted octanol–water partition coefficient (Wildman–Crippen LogP) is 2.38. The molecule has 1 atom stereocenters. The van der Waals surface area contributed by atoms with E-state index in [1.165, 1.54) is 0 Å². The molecule has 1 aromatic carbocycles. The summed E-state index contributed by atoms with van der Waals surface area (Å²) in [4.78, 5) is 12.7. The van der Waals surface area contributed by atoms with Gasteiger partial charge in [-0.25, -0.2) is 0 Å². The summed E-state index contributed by atoms with van der Waals surface area (Å²) in [6.45, 7) is 1.94. The van der Waals surface area contributed by atoms with E-state index in [0.717, 1.165) is 22.1 Å². The number of carbonyl (C=O) groups is 1. The molecule has 1 heterocycles. The molecular formula is C11H13NO2S. The number of hydrogen-bond donors (Lipinski definition) is 1. The molecule has 0 aromatic heterocycles. The zero-order chi connectivity index (χ0) is 10.8. The molecule has 1 aromatic rings. The monoisotopic (exact) mass is 223 g/mol. The number of methoxy groups -OCH3 is 1. The molecule has 0 saturated heterocycles. The largest absolute Gasteiger partial charge is 0.497 e. The van der Waals surface area contributed by atoms with Gasteiger partial charge in [0.2, 0.25) is 5.91 Å². The van der Waals surface area contributed by atoms with Crippen LogP contribution < -0.4 is 10.1 Å². The highest BCUT2D eigenvalue weighted by molar-refractivity contribution is 7.99. The quantitative estimate of drug-likeness (QED) is 0.794. The molecule has 4 heteroatoms. The molecule has 0 spiro atoms. The van der Waals surface area contributed by atoms with Crippen molar-refractivity contribution in [2.24, 2.45) is 5.92 Å². The summed E-state index contributed by atoms with van der Waals surface area (Å²) >= 11 is 1.70. The second-order valence-electron chi connectivity index (χ2n) is 3.56. The number of anilines is 1. The molecule has 1 N–H and O–H groups in total. The third-order valence-corrected chi connectivity index (χ3v) is 3.71. The van der Waals surface area contributed by atoms with Crippen molar-refractivity contribution in [1.82, 2.24) is 0 Å². The van der Waals surface area contributed by atoms with Crippen LogP contribution in [0.2, 0.25) is 0 Å². The Bertz CT molecular complexity index is 392. The van der Waals surface area contributed by atoms with Crippen molar-refractivity contribution < 1.29 is 9.53 Å². The van der Waals surface area contributed by atoms with Crippen molar-refractivity contribution in [3.05, 3.63) is 18.2 Å². The van der Waals surface area contributed by atoms with Gasteiger partial charge in [0.05, 0.1) is 12.8 Å². The van der Waals surface area contributed by atoms with Gasteiger partial charge in [-0.3, -0.25) is 4.79 Å². The first-order chi connectivity index (χ1) is 7.20. The molecule has 0 bridgehead atoms. The Balaban J connectivity index is 2.35. The molecule has 1 aliphatic heterocycles. The normalized spacial score (nSPS) is 20.1. The minimum Gasteiger partial charge on any atom is -0.497 e. The van der Waals surface area contributed by atoms with Crippen molar-refractivity contribution in [3.8, 4) is 5.75 Å². The van der Waals surface area contributed by atoms with Gasteiger partial charge in [-0.1, -0.05) is 6.92 Å². The van der Waals surface area contributed by atoms with Crippen molar-refractivity contribution in [3.63, 3.8) is 0 Å². The topological polar surface area (TPSA) is 38.3 Å². The summed E-state index contributed by atoms with van der Waals surface area (Å²) < 4.78 is 5.12. The Morgan fingerprint density at radius 1 is 1.53 bits per heavy atom. The zero-order valence-corrected chi connectivity index (χ0v) is 9.56. The molecule has 3 nitrogen and oxygen atoms in total. The molecule has 1 unspecified atom stereocenters. The number of nitrogens with one attached hydrogen (secondary N) is 1. The van der Waals surface area contributed by atoms with Crippen LogP contribution in [0.5, 0.6) is 5.75 Å². The van der Waals surface area contributed by atoms with Crippen molar-refractivity contribution in [2.75, 3.05) is 18.2 Å². The third-order valence-electron chi connectivity index (χ3n) is 2.38. The van der Waals surface area contributed by atoms with Gasteiger partial charge in [0.25, 0.3) is 0 Å². The highest BCUT2D eigenvalue weighted by Gasteiger charge is 2.20. The van der Waals surface area contributed by atoms with Crippen LogP contribution in [0.4, 0.5) is 5.69 Å². The minimum atomic E-state index is 0.0494. The Morgan fingerprint density at radius 3 is 3.07 bits per heavy atom. The van der Waals surface area contributed by atoms with E-state index in [0.29, 0.717) is 0 Å². The van der Waals surface area contributed by atoms with Gasteiger partial charge in [-0.2, -0.15) is 0 Å². The van der Waals surface area contributed by atoms with Gasteiger partial charge in [0.1, 0.15) is 5.75 Å². The van der Waals surface area contributed by atoms with Crippen LogP contribution in [0.3, 0.4) is 0 Å². The molecule has 80 valence electrons. The van der Waals surface area contributed by atoms with E-state index in [1.807, 2.05) is 25.1 Å². The molecule has 15 heavy (non-hydrogen) atoms. The summed E-state index contributed by atoms with van der Waals surface area (Å²) in [6, 6.07) is 5.75. The van der Waals surface area contributed by atoms with Gasteiger partial charge in [0.15, 0.2) is 0 Å². The number of rotatable bonds is 1. The van der Waals surface area contributed by atoms with Crippen LogP contribution in [-0.4, -0.2) is 18.8 Å². The molecule has 1 amide bonds. The van der Waals surface area contributed by atoms with Crippen LogP contribution in [-0.2, 0) is 4.79 Å². The molecule has 1 aliphatic rings. The maximum absolute atomic E-state index is 11.6. The average Bonchev–Trinajstić information content (AvgIpc) is 2.39. The lowest BCUT2D eigenvalue weighted by Gasteiger charge is -2.08. The minimum absolute atomic E-state index is 0.0494. The van der Waals surface area contributed by atoms with Crippen LogP contribution in [0.15, 0.2) is 23.1 Å². The van der Waals surface area contributed by atoms with Gasteiger partial charge in [0, 0.05) is 22.6 Å². The van der Waals surface area contributed by atoms with Crippen molar-refractivity contribution in [2.45, 2.75) is 11.8 Å². The standard InChI is InChI=1S/C11H13NO2S/c1-7-6-15-10-4-3-8(14-2)5-9(10)12-11(7)13/h3-5,7H,6H2,1-2H3,(H,12,13). The van der Waals surface area contributed by atoms with E-state index in [4.69, 9.17) is 4.74 Å². The predicted molar refractivity (Wildman–Crippen MR) is 61.5 cm³/mol. The number of thioether (sulfide) groups is 1. The number of hydrogen-bond acceptors (Lipinski definition) is 3.